The van der Waals surface area contributed by atoms with Crippen molar-refractivity contribution in [3.8, 4) is 0 Å². The summed E-state index contributed by atoms with van der Waals surface area (Å²) in [6.07, 6.45) is 1.72. The molecule has 1 heterocycles. The molecule has 16 heavy (non-hydrogen) atoms. The molecule has 6 heteroatoms. The molecule has 1 fully saturated rings. The molecule has 0 aromatic rings. The Morgan fingerprint density at radius 3 is 2.62 bits per heavy atom. The van der Waals surface area contributed by atoms with Gasteiger partial charge in [-0.15, -0.1) is 11.8 Å². The summed E-state index contributed by atoms with van der Waals surface area (Å²) in [7, 11) is 0. The summed E-state index contributed by atoms with van der Waals surface area (Å²) in [6, 6.07) is -0.807. The maximum atomic E-state index is 11.8. The van der Waals surface area contributed by atoms with Gasteiger partial charge in [0.05, 0.1) is 5.88 Å². The lowest BCUT2D eigenvalue weighted by molar-refractivity contribution is -0.140. The highest BCUT2D eigenvalue weighted by atomic mass is 32.2. The van der Waals surface area contributed by atoms with Crippen molar-refractivity contribution in [3.63, 3.8) is 0 Å². The van der Waals surface area contributed by atoms with Gasteiger partial charge >= 0.3 is 12.0 Å². The number of thioether (sulfide) groups is 1. The third kappa shape index (κ3) is 3.04. The number of carboxylic acid groups (broad SMARTS) is 1. The molecule has 0 unspecified atom stereocenters. The van der Waals surface area contributed by atoms with E-state index < -0.39 is 12.0 Å². The molecule has 0 radical (unpaired) electrons. The van der Waals surface area contributed by atoms with E-state index >= 15 is 0 Å². The van der Waals surface area contributed by atoms with E-state index in [0.717, 1.165) is 12.8 Å². The number of urea groups is 1. The van der Waals surface area contributed by atoms with Crippen molar-refractivity contribution in [2.45, 2.75) is 38.8 Å². The largest absolute Gasteiger partial charge is 0.480 e. The maximum Gasteiger partial charge on any atom is 0.327 e. The summed E-state index contributed by atoms with van der Waals surface area (Å²) >= 11 is 1.47. The van der Waals surface area contributed by atoms with Crippen LogP contribution in [0, 0.1) is 0 Å². The van der Waals surface area contributed by atoms with Crippen LogP contribution in [0.3, 0.4) is 0 Å². The lowest BCUT2D eigenvalue weighted by Gasteiger charge is -2.24. The standard InChI is InChI=1S/C10H18N2O3S/c1-3-7(4-2)11-10(15)12-6-16-5-8(12)9(13)14/h7-8H,3-6H2,1-2H3,(H,11,15)(H,13,14)/t8-/m0/s1. The van der Waals surface area contributed by atoms with Crippen LogP contribution in [0.5, 0.6) is 0 Å². The Labute approximate surface area is 99.6 Å². The Morgan fingerprint density at radius 2 is 2.12 bits per heavy atom. The van der Waals surface area contributed by atoms with Gasteiger partial charge in [-0.1, -0.05) is 13.8 Å². The van der Waals surface area contributed by atoms with Gasteiger partial charge in [0, 0.05) is 11.8 Å². The number of hydrogen-bond acceptors (Lipinski definition) is 3. The highest BCUT2D eigenvalue weighted by molar-refractivity contribution is 7.99. The first-order valence-corrected chi connectivity index (χ1v) is 6.63. The van der Waals surface area contributed by atoms with Crippen LogP contribution in [0.2, 0.25) is 0 Å². The monoisotopic (exact) mass is 246 g/mol. The average molecular weight is 246 g/mol. The van der Waals surface area contributed by atoms with Crippen LogP contribution in [0.1, 0.15) is 26.7 Å². The highest BCUT2D eigenvalue weighted by Gasteiger charge is 2.34. The molecule has 0 aliphatic carbocycles. The van der Waals surface area contributed by atoms with Crippen molar-refractivity contribution in [2.24, 2.45) is 0 Å². The molecule has 0 spiro atoms. The molecule has 1 aliphatic heterocycles. The van der Waals surface area contributed by atoms with Crippen molar-refractivity contribution in [2.75, 3.05) is 11.6 Å². The van der Waals surface area contributed by atoms with Gasteiger partial charge in [-0.2, -0.15) is 0 Å². The molecular weight excluding hydrogens is 228 g/mol. The summed E-state index contributed by atoms with van der Waals surface area (Å²) < 4.78 is 0. The van der Waals surface area contributed by atoms with Gasteiger partial charge in [0.1, 0.15) is 6.04 Å². The minimum Gasteiger partial charge on any atom is -0.480 e. The summed E-state index contributed by atoms with van der Waals surface area (Å²) in [5.74, 6) is 0.0129. The SMILES string of the molecule is CCC(CC)NC(=O)N1CSC[C@H]1C(=O)O. The van der Waals surface area contributed by atoms with E-state index in [1.165, 1.54) is 16.7 Å². The second-order valence-electron chi connectivity index (χ2n) is 3.79. The maximum absolute atomic E-state index is 11.8. The zero-order chi connectivity index (χ0) is 12.1. The fraction of sp³-hybridized carbons (Fsp3) is 0.800. The predicted molar refractivity (Wildman–Crippen MR) is 63.5 cm³/mol. The van der Waals surface area contributed by atoms with Gasteiger partial charge in [-0.05, 0) is 12.8 Å². The predicted octanol–water partition coefficient (Wildman–Crippen LogP) is 1.34. The van der Waals surface area contributed by atoms with Crippen LogP contribution in [0.25, 0.3) is 0 Å². The fourth-order valence-electron chi connectivity index (χ4n) is 1.60. The van der Waals surface area contributed by atoms with Crippen molar-refractivity contribution in [3.05, 3.63) is 0 Å². The Balaban J connectivity index is 2.56. The Kier molecular flexibility index (Phi) is 4.92. The van der Waals surface area contributed by atoms with E-state index in [1.807, 2.05) is 13.8 Å². The van der Waals surface area contributed by atoms with Crippen molar-refractivity contribution >= 4 is 23.8 Å². The number of carboxylic acids is 1. The lowest BCUT2D eigenvalue weighted by Crippen LogP contribution is -2.49. The van der Waals surface area contributed by atoms with Gasteiger partial charge in [-0.25, -0.2) is 9.59 Å². The van der Waals surface area contributed by atoms with Crippen molar-refractivity contribution < 1.29 is 14.7 Å². The molecule has 92 valence electrons. The summed E-state index contributed by atoms with van der Waals surface area (Å²) in [5.41, 5.74) is 0. The number of nitrogens with zero attached hydrogens (tertiary/aromatic N) is 1. The van der Waals surface area contributed by atoms with Crippen LogP contribution in [-0.2, 0) is 4.79 Å². The number of amides is 2. The summed E-state index contributed by atoms with van der Waals surface area (Å²) in [6.45, 7) is 4.00. The van der Waals surface area contributed by atoms with Crippen molar-refractivity contribution in [1.29, 1.82) is 0 Å². The molecule has 1 saturated heterocycles. The topological polar surface area (TPSA) is 69.6 Å². The third-order valence-corrected chi connectivity index (χ3v) is 3.75. The molecule has 2 N–H and O–H groups in total. The first kappa shape index (κ1) is 13.2. The van der Waals surface area contributed by atoms with E-state index in [1.54, 1.807) is 0 Å². The molecule has 2 amide bonds. The van der Waals surface area contributed by atoms with Crippen LogP contribution in [0.15, 0.2) is 0 Å². The number of hydrogen-bond donors (Lipinski definition) is 2. The van der Waals surface area contributed by atoms with Crippen LogP contribution in [-0.4, -0.2) is 45.7 Å². The molecule has 0 bridgehead atoms. The smallest absolute Gasteiger partial charge is 0.327 e. The molecule has 1 rings (SSSR count). The molecule has 5 nitrogen and oxygen atoms in total. The average Bonchev–Trinajstić information content (AvgIpc) is 2.74. The number of rotatable bonds is 4. The quantitative estimate of drug-likeness (QED) is 0.785. The fourth-order valence-corrected chi connectivity index (χ4v) is 2.74. The Hall–Kier alpha value is -0.910. The van der Waals surface area contributed by atoms with Crippen LogP contribution < -0.4 is 5.32 Å². The zero-order valence-electron chi connectivity index (χ0n) is 9.60. The second kappa shape index (κ2) is 5.98. The molecule has 1 aliphatic rings. The highest BCUT2D eigenvalue weighted by Crippen LogP contribution is 2.21. The number of carbonyl (C=O) groups is 2. The Bertz CT molecular complexity index is 269. The van der Waals surface area contributed by atoms with Gasteiger partial charge in [0.2, 0.25) is 0 Å². The number of aliphatic carboxylic acids is 1. The minimum atomic E-state index is -0.926. The third-order valence-electron chi connectivity index (χ3n) is 2.74. The molecule has 0 aromatic heterocycles. The van der Waals surface area contributed by atoms with Gasteiger partial charge < -0.3 is 15.3 Å². The first-order valence-electron chi connectivity index (χ1n) is 5.47. The summed E-state index contributed by atoms with van der Waals surface area (Å²) in [4.78, 5) is 24.1. The second-order valence-corrected chi connectivity index (χ2v) is 4.79. The van der Waals surface area contributed by atoms with E-state index in [-0.39, 0.29) is 12.1 Å². The Morgan fingerprint density at radius 1 is 1.50 bits per heavy atom. The van der Waals surface area contributed by atoms with Crippen LogP contribution >= 0.6 is 11.8 Å². The van der Waals surface area contributed by atoms with E-state index in [4.69, 9.17) is 5.11 Å². The van der Waals surface area contributed by atoms with Gasteiger partial charge in [0.25, 0.3) is 0 Å². The van der Waals surface area contributed by atoms with Gasteiger partial charge in [-0.3, -0.25) is 0 Å². The molecule has 1 atom stereocenters. The molecule has 0 aromatic carbocycles. The first-order chi connectivity index (χ1) is 7.60. The molecule has 0 saturated carbocycles. The molecular formula is C10H18N2O3S. The zero-order valence-corrected chi connectivity index (χ0v) is 10.4. The lowest BCUT2D eigenvalue weighted by atomic mass is 10.2. The van der Waals surface area contributed by atoms with E-state index in [9.17, 15) is 9.59 Å². The van der Waals surface area contributed by atoms with E-state index in [0.29, 0.717) is 11.6 Å². The summed E-state index contributed by atoms with van der Waals surface area (Å²) in [5, 5.41) is 11.8. The number of carbonyl (C=O) groups excluding carboxylic acids is 1. The van der Waals surface area contributed by atoms with Gasteiger partial charge in [0.15, 0.2) is 0 Å². The van der Waals surface area contributed by atoms with E-state index in [2.05, 4.69) is 5.32 Å². The van der Waals surface area contributed by atoms with Crippen LogP contribution in [0.4, 0.5) is 4.79 Å². The normalized spacial score (nSPS) is 20.2. The minimum absolute atomic E-state index is 0.132. The van der Waals surface area contributed by atoms with Crippen molar-refractivity contribution in [1.82, 2.24) is 10.2 Å². The number of nitrogens with one attached hydrogen (secondary N) is 1.